The molecule has 7 nitrogen and oxygen atoms in total. The molecule has 7 heteroatoms. The van der Waals surface area contributed by atoms with Gasteiger partial charge in [0.2, 0.25) is 5.89 Å². The Balaban J connectivity index is 1.35. The third-order valence-corrected chi connectivity index (χ3v) is 3.93. The molecule has 0 unspecified atom stereocenters. The summed E-state index contributed by atoms with van der Waals surface area (Å²) in [5, 5.41) is 3.94. The summed E-state index contributed by atoms with van der Waals surface area (Å²) in [5.74, 6) is 2.14. The average Bonchev–Trinajstić information content (AvgIpc) is 3.05. The first-order valence-corrected chi connectivity index (χ1v) is 7.97. The van der Waals surface area contributed by atoms with Crippen molar-refractivity contribution in [3.8, 4) is 5.75 Å². The first-order chi connectivity index (χ1) is 11.3. The van der Waals surface area contributed by atoms with Crippen molar-refractivity contribution in [2.75, 3.05) is 39.3 Å². The van der Waals surface area contributed by atoms with Gasteiger partial charge in [-0.3, -0.25) is 9.80 Å². The molecule has 2 N–H and O–H groups in total. The Morgan fingerprint density at radius 3 is 2.52 bits per heavy atom. The van der Waals surface area contributed by atoms with Crippen molar-refractivity contribution < 1.29 is 9.26 Å². The average molecular weight is 317 g/mol. The molecule has 1 saturated heterocycles. The molecule has 0 aliphatic carbocycles. The Bertz CT molecular complexity index is 581. The van der Waals surface area contributed by atoms with Gasteiger partial charge in [0.15, 0.2) is 5.82 Å². The molecule has 1 aromatic heterocycles. The predicted molar refractivity (Wildman–Crippen MR) is 85.8 cm³/mol. The second kappa shape index (κ2) is 8.05. The molecular weight excluding hydrogens is 294 g/mol. The topological polar surface area (TPSA) is 80.7 Å². The van der Waals surface area contributed by atoms with Gasteiger partial charge in [-0.25, -0.2) is 0 Å². The number of aromatic nitrogens is 2. The first kappa shape index (κ1) is 15.9. The molecule has 0 bridgehead atoms. The smallest absolute Gasteiger partial charge is 0.240 e. The number of para-hydroxylation sites is 1. The summed E-state index contributed by atoms with van der Waals surface area (Å²) in [6.07, 6.45) is 0. The third-order valence-electron chi connectivity index (χ3n) is 3.93. The van der Waals surface area contributed by atoms with Gasteiger partial charge in [-0.1, -0.05) is 23.4 Å². The Hall–Kier alpha value is -1.96. The summed E-state index contributed by atoms with van der Waals surface area (Å²) in [5.41, 5.74) is 5.47. The van der Waals surface area contributed by atoms with E-state index in [2.05, 4.69) is 19.9 Å². The number of hydrogen-bond acceptors (Lipinski definition) is 7. The lowest BCUT2D eigenvalue weighted by Crippen LogP contribution is -2.47. The Kier molecular flexibility index (Phi) is 5.57. The molecule has 2 aromatic rings. The molecular formula is C16H23N5O2. The van der Waals surface area contributed by atoms with Crippen LogP contribution in [0.25, 0.3) is 0 Å². The maximum absolute atomic E-state index is 5.75. The monoisotopic (exact) mass is 317 g/mol. The van der Waals surface area contributed by atoms with Crippen molar-refractivity contribution in [2.45, 2.75) is 13.1 Å². The van der Waals surface area contributed by atoms with E-state index in [0.29, 0.717) is 24.9 Å². The van der Waals surface area contributed by atoms with E-state index in [9.17, 15) is 0 Å². The van der Waals surface area contributed by atoms with Crippen molar-refractivity contribution in [3.05, 3.63) is 42.0 Å². The molecule has 0 radical (unpaired) electrons. The van der Waals surface area contributed by atoms with Gasteiger partial charge in [0, 0.05) is 32.7 Å². The van der Waals surface area contributed by atoms with Crippen molar-refractivity contribution >= 4 is 0 Å². The van der Waals surface area contributed by atoms with Gasteiger partial charge < -0.3 is 15.0 Å². The van der Waals surface area contributed by atoms with Gasteiger partial charge in [-0.05, 0) is 12.1 Å². The van der Waals surface area contributed by atoms with E-state index in [1.54, 1.807) is 0 Å². The standard InChI is InChI=1S/C16H23N5O2/c17-12-16-18-15(19-23-16)13-21-8-6-20(7-9-21)10-11-22-14-4-2-1-3-5-14/h1-5H,6-13,17H2. The van der Waals surface area contributed by atoms with Crippen LogP contribution in [-0.2, 0) is 13.1 Å². The highest BCUT2D eigenvalue weighted by Crippen LogP contribution is 2.09. The van der Waals surface area contributed by atoms with E-state index in [-0.39, 0.29) is 0 Å². The van der Waals surface area contributed by atoms with Crippen LogP contribution in [0.3, 0.4) is 0 Å². The number of benzene rings is 1. The van der Waals surface area contributed by atoms with Crippen molar-refractivity contribution in [2.24, 2.45) is 5.73 Å². The molecule has 0 spiro atoms. The lowest BCUT2D eigenvalue weighted by molar-refractivity contribution is 0.110. The molecule has 1 aliphatic heterocycles. The molecule has 3 rings (SSSR count). The van der Waals surface area contributed by atoms with Crippen LogP contribution in [0.2, 0.25) is 0 Å². The summed E-state index contributed by atoms with van der Waals surface area (Å²) >= 11 is 0. The fourth-order valence-corrected chi connectivity index (χ4v) is 2.62. The van der Waals surface area contributed by atoms with Crippen LogP contribution in [0.4, 0.5) is 0 Å². The van der Waals surface area contributed by atoms with Gasteiger partial charge in [0.05, 0.1) is 13.1 Å². The normalized spacial score (nSPS) is 16.6. The van der Waals surface area contributed by atoms with E-state index < -0.39 is 0 Å². The van der Waals surface area contributed by atoms with Crippen LogP contribution in [0.1, 0.15) is 11.7 Å². The number of nitrogens with zero attached hydrogens (tertiary/aromatic N) is 4. The SMILES string of the molecule is NCc1nc(CN2CCN(CCOc3ccccc3)CC2)no1. The van der Waals surface area contributed by atoms with E-state index >= 15 is 0 Å². The fraction of sp³-hybridized carbons (Fsp3) is 0.500. The Labute approximate surface area is 136 Å². The number of rotatable bonds is 7. The molecule has 1 aromatic carbocycles. The van der Waals surface area contributed by atoms with Crippen LogP contribution in [0, 0.1) is 0 Å². The molecule has 0 saturated carbocycles. The van der Waals surface area contributed by atoms with E-state index in [4.69, 9.17) is 15.0 Å². The minimum absolute atomic E-state index is 0.294. The summed E-state index contributed by atoms with van der Waals surface area (Å²) in [4.78, 5) is 9.00. The number of piperazine rings is 1. The van der Waals surface area contributed by atoms with Gasteiger partial charge in [0.1, 0.15) is 12.4 Å². The maximum Gasteiger partial charge on any atom is 0.240 e. The van der Waals surface area contributed by atoms with Crippen LogP contribution >= 0.6 is 0 Å². The fourth-order valence-electron chi connectivity index (χ4n) is 2.62. The van der Waals surface area contributed by atoms with Gasteiger partial charge >= 0.3 is 0 Å². The van der Waals surface area contributed by atoms with Gasteiger partial charge in [-0.15, -0.1) is 0 Å². The van der Waals surface area contributed by atoms with Gasteiger partial charge in [-0.2, -0.15) is 4.98 Å². The van der Waals surface area contributed by atoms with Crippen molar-refractivity contribution in [1.29, 1.82) is 0 Å². The molecule has 1 aliphatic rings. The minimum Gasteiger partial charge on any atom is -0.492 e. The van der Waals surface area contributed by atoms with Crippen LogP contribution in [0.5, 0.6) is 5.75 Å². The van der Waals surface area contributed by atoms with Crippen LogP contribution < -0.4 is 10.5 Å². The largest absolute Gasteiger partial charge is 0.492 e. The second-order valence-corrected chi connectivity index (χ2v) is 5.59. The number of ether oxygens (including phenoxy) is 1. The Morgan fingerprint density at radius 1 is 1.09 bits per heavy atom. The molecule has 0 amide bonds. The molecule has 23 heavy (non-hydrogen) atoms. The quantitative estimate of drug-likeness (QED) is 0.806. The number of nitrogens with two attached hydrogens (primary N) is 1. The summed E-state index contributed by atoms with van der Waals surface area (Å²) < 4.78 is 10.8. The summed E-state index contributed by atoms with van der Waals surface area (Å²) in [7, 11) is 0. The first-order valence-electron chi connectivity index (χ1n) is 7.97. The highest BCUT2D eigenvalue weighted by atomic mass is 16.5. The highest BCUT2D eigenvalue weighted by molar-refractivity contribution is 5.20. The van der Waals surface area contributed by atoms with Crippen LogP contribution in [0.15, 0.2) is 34.9 Å². The van der Waals surface area contributed by atoms with E-state index in [1.165, 1.54) is 0 Å². The van der Waals surface area contributed by atoms with E-state index in [0.717, 1.165) is 45.0 Å². The van der Waals surface area contributed by atoms with Crippen molar-refractivity contribution in [3.63, 3.8) is 0 Å². The molecule has 2 heterocycles. The second-order valence-electron chi connectivity index (χ2n) is 5.59. The molecule has 1 fully saturated rings. The Morgan fingerprint density at radius 2 is 1.83 bits per heavy atom. The molecule has 0 atom stereocenters. The third kappa shape index (κ3) is 4.75. The lowest BCUT2D eigenvalue weighted by atomic mass is 10.3. The summed E-state index contributed by atoms with van der Waals surface area (Å²) in [6, 6.07) is 9.94. The molecule has 124 valence electrons. The summed E-state index contributed by atoms with van der Waals surface area (Å²) in [6.45, 7) is 6.73. The minimum atomic E-state index is 0.294. The number of hydrogen-bond donors (Lipinski definition) is 1. The van der Waals surface area contributed by atoms with Crippen molar-refractivity contribution in [1.82, 2.24) is 19.9 Å². The van der Waals surface area contributed by atoms with E-state index in [1.807, 2.05) is 30.3 Å². The predicted octanol–water partition coefficient (Wildman–Crippen LogP) is 0.725. The zero-order valence-corrected chi connectivity index (χ0v) is 13.2. The van der Waals surface area contributed by atoms with Gasteiger partial charge in [0.25, 0.3) is 0 Å². The zero-order chi connectivity index (χ0) is 15.9. The highest BCUT2D eigenvalue weighted by Gasteiger charge is 2.18. The maximum atomic E-state index is 5.75. The lowest BCUT2D eigenvalue weighted by Gasteiger charge is -2.33. The van der Waals surface area contributed by atoms with Crippen LogP contribution in [-0.4, -0.2) is 59.3 Å². The zero-order valence-electron chi connectivity index (χ0n) is 13.2.